The number of thiophene rings is 1. The van der Waals surface area contributed by atoms with E-state index >= 15 is 0 Å². The van der Waals surface area contributed by atoms with Crippen molar-refractivity contribution in [3.05, 3.63) is 51.2 Å². The van der Waals surface area contributed by atoms with Gasteiger partial charge in [-0.15, -0.1) is 11.3 Å². The van der Waals surface area contributed by atoms with Crippen molar-refractivity contribution < 1.29 is 8.42 Å². The average molecular weight is 352 g/mol. The molecule has 7 heteroatoms. The van der Waals surface area contributed by atoms with Crippen LogP contribution in [0.4, 0.5) is 0 Å². The van der Waals surface area contributed by atoms with Crippen LogP contribution in [0.3, 0.4) is 0 Å². The van der Waals surface area contributed by atoms with Crippen molar-refractivity contribution in [2.24, 2.45) is 0 Å². The Balaban J connectivity index is 0.00000242. The fourth-order valence-corrected chi connectivity index (χ4v) is 4.48. The van der Waals surface area contributed by atoms with E-state index < -0.39 is 10.0 Å². The summed E-state index contributed by atoms with van der Waals surface area (Å²) in [5.74, 6) is 0. The number of sulfonamides is 1. The van der Waals surface area contributed by atoms with Crippen LogP contribution in [-0.4, -0.2) is 33.3 Å². The summed E-state index contributed by atoms with van der Waals surface area (Å²) in [5.41, 5.74) is 1.03. The molecule has 0 aliphatic heterocycles. The number of hydrogen-bond donors (Lipinski definition) is 1. The van der Waals surface area contributed by atoms with Crippen molar-refractivity contribution in [2.75, 3.05) is 0 Å². The van der Waals surface area contributed by atoms with Crippen LogP contribution in [0, 0.1) is 6.92 Å². The van der Waals surface area contributed by atoms with Crippen LogP contribution in [0.25, 0.3) is 0 Å². The van der Waals surface area contributed by atoms with Gasteiger partial charge in [0.1, 0.15) is 0 Å². The van der Waals surface area contributed by atoms with E-state index in [4.69, 9.17) is 11.6 Å². The minimum atomic E-state index is -3.49. The molecule has 1 aromatic carbocycles. The van der Waals surface area contributed by atoms with Crippen molar-refractivity contribution in [3.63, 3.8) is 0 Å². The molecule has 0 aliphatic carbocycles. The molecule has 0 saturated heterocycles. The van der Waals surface area contributed by atoms with Crippen molar-refractivity contribution in [2.45, 2.75) is 37.6 Å². The van der Waals surface area contributed by atoms with Crippen molar-refractivity contribution in [1.82, 2.24) is 4.72 Å². The number of benzene rings is 1. The Bertz CT molecular complexity index is 699. The molecular weight excluding hydrogens is 333 g/mol. The Morgan fingerprint density at radius 2 is 1.86 bits per heavy atom. The quantitative estimate of drug-likeness (QED) is 0.811. The monoisotopic (exact) mass is 351 g/mol. The topological polar surface area (TPSA) is 46.2 Å². The number of halogens is 1. The molecule has 2 rings (SSSR count). The third-order valence-electron chi connectivity index (χ3n) is 3.27. The summed E-state index contributed by atoms with van der Waals surface area (Å²) < 4.78 is 27.5. The predicted octanol–water partition coefficient (Wildman–Crippen LogP) is 3.36. The van der Waals surface area contributed by atoms with Crippen LogP contribution in [0.15, 0.2) is 40.6 Å². The van der Waals surface area contributed by atoms with Gasteiger partial charge >= 0.3 is 18.9 Å². The van der Waals surface area contributed by atoms with E-state index in [1.165, 1.54) is 0 Å². The second kappa shape index (κ2) is 8.54. The van der Waals surface area contributed by atoms with Gasteiger partial charge in [0.2, 0.25) is 10.0 Å². The molecule has 0 unspecified atom stereocenters. The molecule has 1 N–H and O–H groups in total. The zero-order chi connectivity index (χ0) is 15.5. The maximum absolute atomic E-state index is 12.4. The molecule has 0 radical (unpaired) electrons. The molecule has 0 spiro atoms. The minimum absolute atomic E-state index is 0. The third-order valence-corrected chi connectivity index (χ3v) is 6.21. The first-order valence-corrected chi connectivity index (χ1v) is 9.47. The SMILES string of the molecule is CC[C@H](Cc1sccc1Cl)NS(=O)(=O)c1ccc(C)cc1.[LiH]. The van der Waals surface area contributed by atoms with Gasteiger partial charge in [0.05, 0.1) is 9.92 Å². The molecule has 1 atom stereocenters. The molecule has 116 valence electrons. The van der Waals surface area contributed by atoms with Crippen LogP contribution in [0.1, 0.15) is 23.8 Å². The van der Waals surface area contributed by atoms with E-state index in [0.29, 0.717) is 22.8 Å². The molecule has 3 nitrogen and oxygen atoms in total. The summed E-state index contributed by atoms with van der Waals surface area (Å²) in [4.78, 5) is 1.30. The van der Waals surface area contributed by atoms with Crippen molar-refractivity contribution in [1.29, 1.82) is 0 Å². The van der Waals surface area contributed by atoms with Crippen LogP contribution < -0.4 is 4.72 Å². The van der Waals surface area contributed by atoms with E-state index in [-0.39, 0.29) is 24.9 Å². The summed E-state index contributed by atoms with van der Waals surface area (Å²) in [5, 5.41) is 2.62. The Hall–Kier alpha value is -0.283. The zero-order valence-corrected chi connectivity index (χ0v) is 14.4. The average Bonchev–Trinajstić information content (AvgIpc) is 2.83. The summed E-state index contributed by atoms with van der Waals surface area (Å²) in [7, 11) is -3.49. The number of aryl methyl sites for hydroxylation is 1. The van der Waals surface area contributed by atoms with Gasteiger partial charge in [-0.2, -0.15) is 0 Å². The number of nitrogens with one attached hydrogen (secondary N) is 1. The Labute approximate surface area is 153 Å². The molecule has 2 aromatic rings. The molecular formula is C15H19ClLiNO2S2. The normalized spacial score (nSPS) is 12.7. The van der Waals surface area contributed by atoms with Gasteiger partial charge in [-0.1, -0.05) is 36.2 Å². The molecule has 0 aliphatic rings. The molecule has 1 heterocycles. The van der Waals surface area contributed by atoms with Gasteiger partial charge < -0.3 is 0 Å². The first-order chi connectivity index (χ1) is 9.92. The zero-order valence-electron chi connectivity index (χ0n) is 12.0. The molecule has 0 bridgehead atoms. The van der Waals surface area contributed by atoms with Crippen LogP contribution in [-0.2, 0) is 16.4 Å². The predicted molar refractivity (Wildman–Crippen MR) is 95.8 cm³/mol. The van der Waals surface area contributed by atoms with Crippen molar-refractivity contribution >= 4 is 51.8 Å². The second-order valence-electron chi connectivity index (χ2n) is 4.94. The first-order valence-electron chi connectivity index (χ1n) is 6.73. The first kappa shape index (κ1) is 19.8. The van der Waals surface area contributed by atoms with Gasteiger partial charge in [0.25, 0.3) is 0 Å². The summed E-state index contributed by atoms with van der Waals surface area (Å²) in [6.45, 7) is 3.89. The molecule has 1 aromatic heterocycles. The standard InChI is InChI=1S/C15H18ClNO2S2.Li.H/c1-3-12(10-15-14(16)8-9-20-15)17-21(18,19)13-6-4-11(2)5-7-13;;/h4-9,12,17H,3,10H2,1-2H3;;/t12-;;/m1../s1. The van der Waals surface area contributed by atoms with Crippen LogP contribution >= 0.6 is 22.9 Å². The van der Waals surface area contributed by atoms with E-state index in [9.17, 15) is 8.42 Å². The van der Waals surface area contributed by atoms with Crippen LogP contribution in [0.2, 0.25) is 5.02 Å². The van der Waals surface area contributed by atoms with E-state index in [1.54, 1.807) is 35.6 Å². The van der Waals surface area contributed by atoms with Crippen LogP contribution in [0.5, 0.6) is 0 Å². The molecule has 22 heavy (non-hydrogen) atoms. The fourth-order valence-electron chi connectivity index (χ4n) is 1.97. The van der Waals surface area contributed by atoms with Gasteiger partial charge in [0, 0.05) is 10.9 Å². The van der Waals surface area contributed by atoms with E-state index in [0.717, 1.165) is 10.4 Å². The summed E-state index contributed by atoms with van der Waals surface area (Å²) in [6, 6.07) is 8.53. The Morgan fingerprint density at radius 3 is 2.36 bits per heavy atom. The Morgan fingerprint density at radius 1 is 1.23 bits per heavy atom. The molecule has 0 fully saturated rings. The fraction of sp³-hybridized carbons (Fsp3) is 0.333. The second-order valence-corrected chi connectivity index (χ2v) is 8.06. The van der Waals surface area contributed by atoms with E-state index in [1.807, 2.05) is 25.3 Å². The third kappa shape index (κ3) is 5.12. The molecule has 0 amide bonds. The van der Waals surface area contributed by atoms with E-state index in [2.05, 4.69) is 4.72 Å². The summed E-state index contributed by atoms with van der Waals surface area (Å²) >= 11 is 7.63. The van der Waals surface area contributed by atoms with Gasteiger partial charge in [-0.05, 0) is 43.3 Å². The van der Waals surface area contributed by atoms with Gasteiger partial charge in [-0.3, -0.25) is 0 Å². The maximum atomic E-state index is 12.4. The summed E-state index contributed by atoms with van der Waals surface area (Å²) in [6.07, 6.45) is 1.32. The van der Waals surface area contributed by atoms with Gasteiger partial charge in [0.15, 0.2) is 0 Å². The van der Waals surface area contributed by atoms with Crippen molar-refractivity contribution in [3.8, 4) is 0 Å². The number of hydrogen-bond acceptors (Lipinski definition) is 3. The van der Waals surface area contributed by atoms with Gasteiger partial charge in [-0.25, -0.2) is 13.1 Å². The molecule has 0 saturated carbocycles. The Kier molecular flexibility index (Phi) is 7.67. The number of rotatable bonds is 6.